The molecule has 9 heteroatoms. The number of alkyl halides is 6. The Bertz CT molecular complexity index is 919. The zero-order valence-corrected chi connectivity index (χ0v) is 17.3. The van der Waals surface area contributed by atoms with E-state index in [0.29, 0.717) is 35.6 Å². The highest BCUT2D eigenvalue weighted by molar-refractivity contribution is 7.99. The van der Waals surface area contributed by atoms with Gasteiger partial charge in [0.2, 0.25) is 0 Å². The van der Waals surface area contributed by atoms with E-state index < -0.39 is 33.9 Å². The summed E-state index contributed by atoms with van der Waals surface area (Å²) in [6.07, 6.45) is -7.87. The topological polar surface area (TPSA) is 21.3 Å². The molecule has 168 valence electrons. The molecular weight excluding hydrogens is 440 g/mol. The largest absolute Gasteiger partial charge is 0.418 e. The van der Waals surface area contributed by atoms with Crippen LogP contribution in [-0.4, -0.2) is 19.3 Å². The summed E-state index contributed by atoms with van der Waals surface area (Å²) >= 11 is 0.664. The lowest BCUT2D eigenvalue weighted by molar-refractivity contribution is -0.164. The van der Waals surface area contributed by atoms with E-state index in [9.17, 15) is 26.3 Å². The maximum atomic E-state index is 13.8. The molecule has 0 bridgehead atoms. The van der Waals surface area contributed by atoms with E-state index in [1.807, 2.05) is 0 Å². The van der Waals surface area contributed by atoms with Gasteiger partial charge in [-0.1, -0.05) is 30.0 Å². The van der Waals surface area contributed by atoms with Crippen LogP contribution in [0.1, 0.15) is 29.5 Å². The molecule has 0 aliphatic carbocycles. The Morgan fingerprint density at radius 3 is 2.29 bits per heavy atom. The van der Waals surface area contributed by atoms with Crippen LogP contribution in [0.25, 0.3) is 0 Å². The average molecular weight is 461 g/mol. The van der Waals surface area contributed by atoms with Crippen molar-refractivity contribution in [3.63, 3.8) is 0 Å². The Hall–Kier alpha value is -2.13. The molecule has 0 spiro atoms. The summed E-state index contributed by atoms with van der Waals surface area (Å²) in [6, 6.07) is 9.02. The van der Waals surface area contributed by atoms with Crippen molar-refractivity contribution in [2.75, 3.05) is 18.5 Å². The number of halogens is 6. The van der Waals surface area contributed by atoms with Crippen LogP contribution in [0.4, 0.5) is 32.0 Å². The van der Waals surface area contributed by atoms with Gasteiger partial charge in [0.1, 0.15) is 0 Å². The molecule has 2 aromatic carbocycles. The van der Waals surface area contributed by atoms with Crippen molar-refractivity contribution in [3.05, 3.63) is 65.7 Å². The van der Waals surface area contributed by atoms with Gasteiger partial charge in [-0.3, -0.25) is 0 Å². The molecule has 2 nitrogen and oxygen atoms in total. The summed E-state index contributed by atoms with van der Waals surface area (Å²) in [5.74, 6) is 0. The zero-order chi connectivity index (χ0) is 22.6. The third kappa shape index (κ3) is 5.98. The van der Waals surface area contributed by atoms with Gasteiger partial charge in [-0.25, -0.2) is 0 Å². The highest BCUT2D eigenvalue weighted by atomic mass is 32.2. The highest BCUT2D eigenvalue weighted by Gasteiger charge is 2.46. The summed E-state index contributed by atoms with van der Waals surface area (Å²) in [4.78, 5) is -0.0805. The fourth-order valence-electron chi connectivity index (χ4n) is 3.50. The second-order valence-corrected chi connectivity index (χ2v) is 8.24. The maximum Gasteiger partial charge on any atom is 0.418 e. The number of benzene rings is 2. The van der Waals surface area contributed by atoms with Gasteiger partial charge in [0.15, 0.2) is 0 Å². The molecule has 1 aliphatic heterocycles. The number of rotatable bonds is 6. The van der Waals surface area contributed by atoms with Crippen molar-refractivity contribution >= 4 is 17.4 Å². The fraction of sp³-hybridized carbons (Fsp3) is 0.364. The Labute approximate surface area is 180 Å². The van der Waals surface area contributed by atoms with Crippen LogP contribution >= 0.6 is 11.8 Å². The van der Waals surface area contributed by atoms with Crippen LogP contribution in [0.5, 0.6) is 0 Å². The molecular formula is C22H21F6NOS. The lowest BCUT2D eigenvalue weighted by Crippen LogP contribution is -2.27. The number of ether oxygens (including phenoxy) is 1. The SMILES string of the molecule is C=CCc1ccc(Sc2cccc(NC3CCOCC3)c2)c(C(F)(F)F)c1C(F)(F)F. The molecule has 1 aliphatic rings. The number of nitrogens with one attached hydrogen (secondary N) is 1. The van der Waals surface area contributed by atoms with Gasteiger partial charge in [-0.05, 0) is 49.1 Å². The Morgan fingerprint density at radius 1 is 1.00 bits per heavy atom. The van der Waals surface area contributed by atoms with Crippen LogP contribution in [0, 0.1) is 0 Å². The third-order valence-corrected chi connectivity index (χ3v) is 5.89. The van der Waals surface area contributed by atoms with Gasteiger partial charge in [-0.15, -0.1) is 6.58 Å². The zero-order valence-electron chi connectivity index (χ0n) is 16.4. The predicted molar refractivity (Wildman–Crippen MR) is 108 cm³/mol. The quantitative estimate of drug-likeness (QED) is 0.363. The molecule has 0 atom stereocenters. The third-order valence-electron chi connectivity index (χ3n) is 4.84. The second kappa shape index (κ2) is 9.56. The van der Waals surface area contributed by atoms with E-state index in [4.69, 9.17) is 4.74 Å². The molecule has 0 saturated carbocycles. The first-order valence-corrected chi connectivity index (χ1v) is 10.4. The van der Waals surface area contributed by atoms with Crippen molar-refractivity contribution in [1.29, 1.82) is 0 Å². The van der Waals surface area contributed by atoms with E-state index in [2.05, 4.69) is 11.9 Å². The first-order valence-electron chi connectivity index (χ1n) is 9.63. The molecule has 0 amide bonds. The van der Waals surface area contributed by atoms with Crippen LogP contribution < -0.4 is 5.32 Å². The molecule has 0 radical (unpaired) electrons. The fourth-order valence-corrected chi connectivity index (χ4v) is 4.54. The van der Waals surface area contributed by atoms with Crippen molar-refractivity contribution in [1.82, 2.24) is 0 Å². The Morgan fingerprint density at radius 2 is 1.68 bits per heavy atom. The van der Waals surface area contributed by atoms with Crippen LogP contribution in [0.15, 0.2) is 58.8 Å². The molecule has 2 aromatic rings. The summed E-state index contributed by atoms with van der Waals surface area (Å²) in [7, 11) is 0. The Balaban J connectivity index is 1.97. The highest BCUT2D eigenvalue weighted by Crippen LogP contribution is 2.48. The Kier molecular flexibility index (Phi) is 7.26. The van der Waals surface area contributed by atoms with Gasteiger partial charge in [0.25, 0.3) is 0 Å². The van der Waals surface area contributed by atoms with E-state index in [-0.39, 0.29) is 12.5 Å². The summed E-state index contributed by atoms with van der Waals surface area (Å²) < 4.78 is 87.6. The minimum absolute atomic E-state index is 0.176. The molecule has 0 aromatic heterocycles. The van der Waals surface area contributed by atoms with Crippen molar-refractivity contribution in [2.24, 2.45) is 0 Å². The molecule has 1 N–H and O–H groups in total. The van der Waals surface area contributed by atoms with Crippen molar-refractivity contribution in [3.8, 4) is 0 Å². The first-order chi connectivity index (χ1) is 14.6. The number of hydrogen-bond acceptors (Lipinski definition) is 3. The summed E-state index contributed by atoms with van der Waals surface area (Å²) in [6.45, 7) is 4.60. The average Bonchev–Trinajstić information content (AvgIpc) is 2.68. The van der Waals surface area contributed by atoms with Gasteiger partial charge in [0.05, 0.1) is 11.1 Å². The normalized spacial score (nSPS) is 15.7. The summed E-state index contributed by atoms with van der Waals surface area (Å²) in [5.41, 5.74) is -3.06. The number of anilines is 1. The minimum Gasteiger partial charge on any atom is -0.382 e. The second-order valence-electron chi connectivity index (χ2n) is 7.12. The molecule has 1 heterocycles. The lowest BCUT2D eigenvalue weighted by atomic mass is 9.97. The van der Waals surface area contributed by atoms with Crippen molar-refractivity contribution in [2.45, 2.75) is 47.4 Å². The van der Waals surface area contributed by atoms with E-state index in [1.165, 1.54) is 0 Å². The maximum absolute atomic E-state index is 13.8. The standard InChI is InChI=1S/C22H21F6NOS/c1-2-4-14-7-8-18(20(22(26,27)28)19(14)21(23,24)25)31-17-6-3-5-16(13-17)29-15-9-11-30-12-10-15/h2-3,5-8,13,15,29H,1,4,9-12H2. The molecule has 1 saturated heterocycles. The number of hydrogen-bond donors (Lipinski definition) is 1. The van der Waals surface area contributed by atoms with E-state index >= 15 is 0 Å². The molecule has 0 unspecified atom stereocenters. The number of allylic oxidation sites excluding steroid dienone is 1. The van der Waals surface area contributed by atoms with Gasteiger partial charge in [-0.2, -0.15) is 26.3 Å². The van der Waals surface area contributed by atoms with E-state index in [0.717, 1.165) is 31.1 Å². The van der Waals surface area contributed by atoms with Crippen LogP contribution in [0.3, 0.4) is 0 Å². The van der Waals surface area contributed by atoms with Crippen molar-refractivity contribution < 1.29 is 31.1 Å². The van der Waals surface area contributed by atoms with Gasteiger partial charge >= 0.3 is 12.4 Å². The predicted octanol–water partition coefficient (Wildman–Crippen LogP) is 7.19. The molecule has 31 heavy (non-hydrogen) atoms. The first kappa shape index (κ1) is 23.5. The van der Waals surface area contributed by atoms with Gasteiger partial charge in [0, 0.05) is 34.7 Å². The van der Waals surface area contributed by atoms with Crippen LogP contribution in [0.2, 0.25) is 0 Å². The van der Waals surface area contributed by atoms with Gasteiger partial charge < -0.3 is 10.1 Å². The van der Waals surface area contributed by atoms with Crippen LogP contribution in [-0.2, 0) is 23.5 Å². The molecule has 1 fully saturated rings. The monoisotopic (exact) mass is 461 g/mol. The lowest BCUT2D eigenvalue weighted by Gasteiger charge is -2.24. The summed E-state index contributed by atoms with van der Waals surface area (Å²) in [5, 5.41) is 3.31. The minimum atomic E-state index is -5.16. The smallest absolute Gasteiger partial charge is 0.382 e. The molecule has 3 rings (SSSR count). The van der Waals surface area contributed by atoms with E-state index in [1.54, 1.807) is 24.3 Å².